The van der Waals surface area contributed by atoms with Crippen molar-refractivity contribution in [3.63, 3.8) is 0 Å². The second-order valence-corrected chi connectivity index (χ2v) is 5.67. The molecule has 1 aromatic rings. The van der Waals surface area contributed by atoms with Crippen LogP contribution < -0.4 is 11.1 Å². The van der Waals surface area contributed by atoms with Gasteiger partial charge in [-0.15, -0.1) is 0 Å². The maximum Gasteiger partial charge on any atom is 0.251 e. The lowest BCUT2D eigenvalue weighted by molar-refractivity contribution is 0.0934. The number of nitrogens with zero attached hydrogens (tertiary/aromatic N) is 1. The SMILES string of the molecule is CCCC(C)(C)CNC(=O)c1ccnc(CCN)c1. The van der Waals surface area contributed by atoms with Crippen molar-refractivity contribution in [2.24, 2.45) is 11.1 Å². The zero-order valence-electron chi connectivity index (χ0n) is 12.2. The zero-order valence-corrected chi connectivity index (χ0v) is 12.2. The van der Waals surface area contributed by atoms with Crippen LogP contribution in [0.5, 0.6) is 0 Å². The molecule has 19 heavy (non-hydrogen) atoms. The molecule has 0 aliphatic carbocycles. The third-order valence-electron chi connectivity index (χ3n) is 3.13. The maximum atomic E-state index is 12.1. The van der Waals surface area contributed by atoms with Crippen molar-refractivity contribution in [2.45, 2.75) is 40.0 Å². The van der Waals surface area contributed by atoms with E-state index in [0.717, 1.165) is 18.5 Å². The third kappa shape index (κ3) is 5.39. The van der Waals surface area contributed by atoms with Gasteiger partial charge in [0.05, 0.1) is 0 Å². The molecule has 4 heteroatoms. The van der Waals surface area contributed by atoms with Crippen LogP contribution in [0, 0.1) is 5.41 Å². The Bertz CT molecular complexity index is 416. The molecule has 0 spiro atoms. The van der Waals surface area contributed by atoms with Crippen molar-refractivity contribution in [2.75, 3.05) is 13.1 Å². The van der Waals surface area contributed by atoms with E-state index in [0.29, 0.717) is 25.1 Å². The van der Waals surface area contributed by atoms with Crippen molar-refractivity contribution in [1.82, 2.24) is 10.3 Å². The number of carbonyl (C=O) groups excluding carboxylic acids is 1. The lowest BCUT2D eigenvalue weighted by Crippen LogP contribution is -2.34. The Kier molecular flexibility index (Phi) is 5.96. The standard InChI is InChI=1S/C15H25N3O/c1-4-7-15(2,3)11-18-14(19)12-6-9-17-13(10-12)5-8-16/h6,9-10H,4-5,7-8,11,16H2,1-3H3,(H,18,19). The molecule has 106 valence electrons. The van der Waals surface area contributed by atoms with Gasteiger partial charge in [0.1, 0.15) is 0 Å². The topological polar surface area (TPSA) is 68.0 Å². The third-order valence-corrected chi connectivity index (χ3v) is 3.13. The van der Waals surface area contributed by atoms with Gasteiger partial charge in [-0.05, 0) is 30.5 Å². The first kappa shape index (κ1) is 15.6. The molecule has 0 aromatic carbocycles. The highest BCUT2D eigenvalue weighted by Gasteiger charge is 2.18. The summed E-state index contributed by atoms with van der Waals surface area (Å²) in [5.74, 6) is -0.0372. The normalized spacial score (nSPS) is 11.4. The summed E-state index contributed by atoms with van der Waals surface area (Å²) in [6.07, 6.45) is 4.58. The van der Waals surface area contributed by atoms with Crippen LogP contribution in [0.25, 0.3) is 0 Å². The number of pyridine rings is 1. The minimum atomic E-state index is -0.0372. The molecule has 0 fully saturated rings. The van der Waals surface area contributed by atoms with Crippen LogP contribution >= 0.6 is 0 Å². The van der Waals surface area contributed by atoms with Gasteiger partial charge in [0, 0.05) is 30.4 Å². The van der Waals surface area contributed by atoms with Crippen LogP contribution in [0.4, 0.5) is 0 Å². The smallest absolute Gasteiger partial charge is 0.251 e. The van der Waals surface area contributed by atoms with Gasteiger partial charge in [-0.3, -0.25) is 9.78 Å². The first-order chi connectivity index (χ1) is 8.98. The summed E-state index contributed by atoms with van der Waals surface area (Å²) in [5, 5.41) is 3.00. The Hall–Kier alpha value is -1.42. The van der Waals surface area contributed by atoms with Gasteiger partial charge in [0.15, 0.2) is 0 Å². The van der Waals surface area contributed by atoms with Crippen LogP contribution in [0.3, 0.4) is 0 Å². The Balaban J connectivity index is 2.60. The molecule has 1 rings (SSSR count). The monoisotopic (exact) mass is 263 g/mol. The highest BCUT2D eigenvalue weighted by atomic mass is 16.1. The van der Waals surface area contributed by atoms with E-state index in [1.807, 2.05) is 6.07 Å². The van der Waals surface area contributed by atoms with Gasteiger partial charge in [0.2, 0.25) is 0 Å². The van der Waals surface area contributed by atoms with Crippen molar-refractivity contribution in [1.29, 1.82) is 0 Å². The number of rotatable bonds is 7. The average Bonchev–Trinajstić information content (AvgIpc) is 2.37. The van der Waals surface area contributed by atoms with Gasteiger partial charge < -0.3 is 11.1 Å². The van der Waals surface area contributed by atoms with Crippen molar-refractivity contribution < 1.29 is 4.79 Å². The van der Waals surface area contributed by atoms with Gasteiger partial charge >= 0.3 is 0 Å². The number of hydrogen-bond acceptors (Lipinski definition) is 3. The molecule has 0 aliphatic heterocycles. The Labute approximate surface area is 115 Å². The van der Waals surface area contributed by atoms with E-state index in [2.05, 4.69) is 31.1 Å². The zero-order chi connectivity index (χ0) is 14.3. The van der Waals surface area contributed by atoms with Crippen molar-refractivity contribution in [3.05, 3.63) is 29.6 Å². The minimum Gasteiger partial charge on any atom is -0.352 e. The predicted octanol–water partition coefficient (Wildman–Crippen LogP) is 2.14. The molecule has 0 aliphatic rings. The molecule has 4 nitrogen and oxygen atoms in total. The van der Waals surface area contributed by atoms with Crippen LogP contribution in [0.1, 0.15) is 49.7 Å². The first-order valence-electron chi connectivity index (χ1n) is 6.91. The second kappa shape index (κ2) is 7.24. The van der Waals surface area contributed by atoms with Gasteiger partial charge in [0.25, 0.3) is 5.91 Å². The summed E-state index contributed by atoms with van der Waals surface area (Å²) < 4.78 is 0. The lowest BCUT2D eigenvalue weighted by Gasteiger charge is -2.24. The van der Waals surface area contributed by atoms with Crippen LogP contribution in [-0.4, -0.2) is 24.0 Å². The Morgan fingerprint density at radius 3 is 2.84 bits per heavy atom. The van der Waals surface area contributed by atoms with Gasteiger partial charge in [-0.2, -0.15) is 0 Å². The largest absolute Gasteiger partial charge is 0.352 e. The number of nitrogens with two attached hydrogens (primary N) is 1. The highest BCUT2D eigenvalue weighted by Crippen LogP contribution is 2.20. The van der Waals surface area contributed by atoms with E-state index in [-0.39, 0.29) is 11.3 Å². The molecular formula is C15H25N3O. The molecule has 1 aromatic heterocycles. The molecule has 0 saturated heterocycles. The van der Waals surface area contributed by atoms with E-state index in [4.69, 9.17) is 5.73 Å². The molecule has 0 unspecified atom stereocenters. The molecule has 0 radical (unpaired) electrons. The maximum absolute atomic E-state index is 12.1. The molecule has 0 saturated carbocycles. The average molecular weight is 263 g/mol. The van der Waals surface area contributed by atoms with Crippen molar-refractivity contribution in [3.8, 4) is 0 Å². The van der Waals surface area contributed by atoms with E-state index in [1.54, 1.807) is 12.3 Å². The van der Waals surface area contributed by atoms with E-state index < -0.39 is 0 Å². The molecule has 1 heterocycles. The van der Waals surface area contributed by atoms with Crippen LogP contribution in [-0.2, 0) is 6.42 Å². The Morgan fingerprint density at radius 1 is 1.47 bits per heavy atom. The summed E-state index contributed by atoms with van der Waals surface area (Å²) in [6, 6.07) is 3.55. The summed E-state index contributed by atoms with van der Waals surface area (Å²) in [6.45, 7) is 7.73. The van der Waals surface area contributed by atoms with Gasteiger partial charge in [-0.25, -0.2) is 0 Å². The van der Waals surface area contributed by atoms with E-state index in [9.17, 15) is 4.79 Å². The molecule has 1 amide bonds. The quantitative estimate of drug-likeness (QED) is 0.792. The molecule has 0 atom stereocenters. The summed E-state index contributed by atoms with van der Waals surface area (Å²) in [5.41, 5.74) is 7.15. The van der Waals surface area contributed by atoms with Crippen LogP contribution in [0.2, 0.25) is 0 Å². The lowest BCUT2D eigenvalue weighted by atomic mass is 9.88. The number of nitrogens with one attached hydrogen (secondary N) is 1. The molecule has 3 N–H and O–H groups in total. The summed E-state index contributed by atoms with van der Waals surface area (Å²) >= 11 is 0. The highest BCUT2D eigenvalue weighted by molar-refractivity contribution is 5.94. The summed E-state index contributed by atoms with van der Waals surface area (Å²) in [7, 11) is 0. The minimum absolute atomic E-state index is 0.0372. The summed E-state index contributed by atoms with van der Waals surface area (Å²) in [4.78, 5) is 16.3. The number of aromatic nitrogens is 1. The number of carbonyl (C=O) groups is 1. The molecular weight excluding hydrogens is 238 g/mol. The van der Waals surface area contributed by atoms with E-state index in [1.165, 1.54) is 0 Å². The fourth-order valence-corrected chi connectivity index (χ4v) is 2.09. The number of amides is 1. The fraction of sp³-hybridized carbons (Fsp3) is 0.600. The van der Waals surface area contributed by atoms with E-state index >= 15 is 0 Å². The first-order valence-corrected chi connectivity index (χ1v) is 6.91. The predicted molar refractivity (Wildman–Crippen MR) is 78.0 cm³/mol. The van der Waals surface area contributed by atoms with Gasteiger partial charge in [-0.1, -0.05) is 27.2 Å². The molecule has 0 bridgehead atoms. The Morgan fingerprint density at radius 2 is 2.21 bits per heavy atom. The fourth-order valence-electron chi connectivity index (χ4n) is 2.09. The number of hydrogen-bond donors (Lipinski definition) is 2. The van der Waals surface area contributed by atoms with Crippen LogP contribution in [0.15, 0.2) is 18.3 Å². The second-order valence-electron chi connectivity index (χ2n) is 5.67. The van der Waals surface area contributed by atoms with Crippen molar-refractivity contribution >= 4 is 5.91 Å².